The van der Waals surface area contributed by atoms with Gasteiger partial charge in [-0.25, -0.2) is 0 Å². The first-order chi connectivity index (χ1) is 5.85. The fourth-order valence-corrected chi connectivity index (χ4v) is 1.57. The molecule has 0 amide bonds. The predicted octanol–water partition coefficient (Wildman–Crippen LogP) is 3.24. The number of rotatable bonds is 6. The van der Waals surface area contributed by atoms with Gasteiger partial charge in [-0.2, -0.15) is 0 Å². The molecule has 0 atom stereocenters. The van der Waals surface area contributed by atoms with Gasteiger partial charge in [0.15, 0.2) is 0 Å². The molecule has 0 rings (SSSR count). The third-order valence-electron chi connectivity index (χ3n) is 1.36. The highest BCUT2D eigenvalue weighted by atomic mass is 32.2. The van der Waals surface area contributed by atoms with E-state index in [0.29, 0.717) is 0 Å². The van der Waals surface area contributed by atoms with Crippen LogP contribution in [0.3, 0.4) is 0 Å². The molecule has 0 fully saturated rings. The van der Waals surface area contributed by atoms with Crippen LogP contribution in [-0.2, 0) is 4.74 Å². The van der Waals surface area contributed by atoms with Gasteiger partial charge >= 0.3 is 0 Å². The molecule has 0 aliphatic carbocycles. The second-order valence-electron chi connectivity index (χ2n) is 2.33. The smallest absolute Gasteiger partial charge is 0.0654 e. The number of hydrogen-bond donors (Lipinski definition) is 0. The van der Waals surface area contributed by atoms with Crippen molar-refractivity contribution in [1.82, 2.24) is 0 Å². The second kappa shape index (κ2) is 8.88. The first-order valence-corrected chi connectivity index (χ1v) is 5.25. The molecule has 0 bridgehead atoms. The van der Waals surface area contributed by atoms with Gasteiger partial charge in [0.05, 0.1) is 6.61 Å². The molecule has 0 aliphatic heterocycles. The van der Waals surface area contributed by atoms with Crippen LogP contribution >= 0.6 is 11.8 Å². The van der Waals surface area contributed by atoms with Crippen molar-refractivity contribution < 1.29 is 4.74 Å². The summed E-state index contributed by atoms with van der Waals surface area (Å²) in [6, 6.07) is 0. The largest absolute Gasteiger partial charge is 0.381 e. The third kappa shape index (κ3) is 6.50. The average Bonchev–Trinajstić information content (AvgIpc) is 2.10. The summed E-state index contributed by atoms with van der Waals surface area (Å²) in [5.41, 5.74) is 0. The number of ether oxygens (including phenoxy) is 1. The summed E-state index contributed by atoms with van der Waals surface area (Å²) >= 11 is 1.89. The van der Waals surface area contributed by atoms with Crippen LogP contribution in [0.2, 0.25) is 0 Å². The molecule has 0 aliphatic rings. The highest BCUT2D eigenvalue weighted by molar-refractivity contribution is 8.03. The van der Waals surface area contributed by atoms with Gasteiger partial charge < -0.3 is 4.74 Å². The lowest BCUT2D eigenvalue weighted by Crippen LogP contribution is -1.85. The van der Waals surface area contributed by atoms with Crippen molar-refractivity contribution >= 4 is 11.8 Å². The molecule has 70 valence electrons. The second-order valence-corrected chi connectivity index (χ2v) is 3.72. The van der Waals surface area contributed by atoms with Crippen molar-refractivity contribution in [3.63, 3.8) is 0 Å². The van der Waals surface area contributed by atoms with Crippen molar-refractivity contribution in [3.8, 4) is 0 Å². The van der Waals surface area contributed by atoms with Gasteiger partial charge in [0.25, 0.3) is 0 Å². The van der Waals surface area contributed by atoms with Crippen LogP contribution in [0, 0.1) is 0 Å². The van der Waals surface area contributed by atoms with E-state index in [4.69, 9.17) is 4.74 Å². The van der Waals surface area contributed by atoms with E-state index in [9.17, 15) is 0 Å². The molecule has 0 aromatic carbocycles. The summed E-state index contributed by atoms with van der Waals surface area (Å²) in [4.78, 5) is 1.40. The maximum Gasteiger partial charge on any atom is 0.0654 e. The third-order valence-corrected chi connectivity index (χ3v) is 2.35. The van der Waals surface area contributed by atoms with Crippen LogP contribution in [0.4, 0.5) is 0 Å². The average molecular weight is 186 g/mol. The van der Waals surface area contributed by atoms with Gasteiger partial charge in [-0.15, -0.1) is 11.8 Å². The van der Waals surface area contributed by atoms with Crippen molar-refractivity contribution in [3.05, 3.63) is 23.1 Å². The fraction of sp³-hybridized carbons (Fsp3) is 0.600. The quantitative estimate of drug-likeness (QED) is 0.589. The molecular weight excluding hydrogens is 168 g/mol. The van der Waals surface area contributed by atoms with Crippen molar-refractivity contribution in [2.24, 2.45) is 0 Å². The van der Waals surface area contributed by atoms with Crippen LogP contribution in [0.25, 0.3) is 0 Å². The van der Waals surface area contributed by atoms with Crippen LogP contribution < -0.4 is 0 Å². The minimum absolute atomic E-state index is 0.722. The number of methoxy groups -OCH3 is 1. The van der Waals surface area contributed by atoms with Gasteiger partial charge in [-0.05, 0) is 30.1 Å². The molecular formula is C10H18OS. The Labute approximate surface area is 79.9 Å². The minimum Gasteiger partial charge on any atom is -0.381 e. The Morgan fingerprint density at radius 1 is 1.50 bits per heavy atom. The monoisotopic (exact) mass is 186 g/mol. The predicted molar refractivity (Wildman–Crippen MR) is 57.5 cm³/mol. The SMILES string of the molecule is C/C=C\C/C(=C\COC)SCC. The normalized spacial score (nSPS) is 12.8. The summed E-state index contributed by atoms with van der Waals surface area (Å²) in [7, 11) is 1.72. The maximum absolute atomic E-state index is 4.98. The lowest BCUT2D eigenvalue weighted by atomic mass is 10.3. The number of allylic oxidation sites excluding steroid dienone is 3. The highest BCUT2D eigenvalue weighted by Gasteiger charge is 1.92. The van der Waals surface area contributed by atoms with Crippen molar-refractivity contribution in [2.75, 3.05) is 19.5 Å². The maximum atomic E-state index is 4.98. The van der Waals surface area contributed by atoms with E-state index >= 15 is 0 Å². The Kier molecular flexibility index (Phi) is 8.73. The van der Waals surface area contributed by atoms with E-state index in [2.05, 4.69) is 25.2 Å². The molecule has 0 saturated carbocycles. The van der Waals surface area contributed by atoms with Gasteiger partial charge in [0.1, 0.15) is 0 Å². The fourth-order valence-electron chi connectivity index (χ4n) is 0.797. The number of thioether (sulfide) groups is 1. The first kappa shape index (κ1) is 11.8. The summed E-state index contributed by atoms with van der Waals surface area (Å²) < 4.78 is 4.98. The molecule has 0 aromatic heterocycles. The Morgan fingerprint density at radius 2 is 2.25 bits per heavy atom. The lowest BCUT2D eigenvalue weighted by Gasteiger charge is -2.01. The molecule has 0 N–H and O–H groups in total. The summed E-state index contributed by atoms with van der Waals surface area (Å²) in [5, 5.41) is 0. The van der Waals surface area contributed by atoms with E-state index in [1.807, 2.05) is 18.7 Å². The molecule has 0 unspecified atom stereocenters. The topological polar surface area (TPSA) is 9.23 Å². The zero-order chi connectivity index (χ0) is 9.23. The van der Waals surface area contributed by atoms with Gasteiger partial charge in [-0.3, -0.25) is 0 Å². The Hall–Kier alpha value is -0.210. The van der Waals surface area contributed by atoms with Crippen LogP contribution in [0.1, 0.15) is 20.3 Å². The molecule has 0 radical (unpaired) electrons. The first-order valence-electron chi connectivity index (χ1n) is 4.27. The van der Waals surface area contributed by atoms with E-state index in [0.717, 1.165) is 18.8 Å². The Bertz CT molecular complexity index is 150. The van der Waals surface area contributed by atoms with Gasteiger partial charge in [0.2, 0.25) is 0 Å². The Morgan fingerprint density at radius 3 is 2.75 bits per heavy atom. The molecule has 0 spiro atoms. The molecule has 12 heavy (non-hydrogen) atoms. The van der Waals surface area contributed by atoms with Crippen molar-refractivity contribution in [2.45, 2.75) is 20.3 Å². The molecule has 0 aromatic rings. The highest BCUT2D eigenvalue weighted by Crippen LogP contribution is 2.18. The van der Waals surface area contributed by atoms with Crippen LogP contribution in [0.5, 0.6) is 0 Å². The molecule has 1 nitrogen and oxygen atoms in total. The molecule has 0 heterocycles. The molecule has 2 heteroatoms. The molecule has 0 saturated heterocycles. The van der Waals surface area contributed by atoms with Crippen LogP contribution in [0.15, 0.2) is 23.1 Å². The lowest BCUT2D eigenvalue weighted by molar-refractivity contribution is 0.233. The Balaban J connectivity index is 3.84. The number of hydrogen-bond acceptors (Lipinski definition) is 2. The zero-order valence-corrected chi connectivity index (χ0v) is 8.99. The van der Waals surface area contributed by atoms with E-state index in [1.54, 1.807) is 7.11 Å². The van der Waals surface area contributed by atoms with E-state index in [1.165, 1.54) is 4.91 Å². The van der Waals surface area contributed by atoms with Gasteiger partial charge in [0, 0.05) is 7.11 Å². The van der Waals surface area contributed by atoms with Crippen molar-refractivity contribution in [1.29, 1.82) is 0 Å². The standard InChI is InChI=1S/C10H18OS/c1-4-6-7-10(12-5-2)8-9-11-3/h4,6,8H,5,7,9H2,1-3H3/b6-4-,10-8+. The zero-order valence-electron chi connectivity index (χ0n) is 8.17. The van der Waals surface area contributed by atoms with Gasteiger partial charge in [-0.1, -0.05) is 19.1 Å². The summed E-state index contributed by atoms with van der Waals surface area (Å²) in [6.45, 7) is 4.94. The van der Waals surface area contributed by atoms with Crippen LogP contribution in [-0.4, -0.2) is 19.5 Å². The summed E-state index contributed by atoms with van der Waals surface area (Å²) in [5.74, 6) is 1.13. The van der Waals surface area contributed by atoms with E-state index in [-0.39, 0.29) is 0 Å². The summed E-state index contributed by atoms with van der Waals surface area (Å²) in [6.07, 6.45) is 7.44. The minimum atomic E-state index is 0.722. The van der Waals surface area contributed by atoms with E-state index < -0.39 is 0 Å².